The molecule has 1 aromatic heterocycles. The lowest BCUT2D eigenvalue weighted by Gasteiger charge is -2.42. The molecular formula is C24H32N8O2. The minimum absolute atomic E-state index is 0.221. The Hall–Kier alpha value is -3.01. The number of carbonyl (C=O) groups is 1. The van der Waals surface area contributed by atoms with E-state index in [1.54, 1.807) is 4.90 Å². The molecule has 3 aliphatic heterocycles. The van der Waals surface area contributed by atoms with E-state index in [1.807, 2.05) is 11.6 Å². The zero-order valence-electron chi connectivity index (χ0n) is 19.7. The third-order valence-electron chi connectivity index (χ3n) is 7.98. The molecule has 10 heteroatoms. The normalized spacial score (nSPS) is 28.7. The topological polar surface area (TPSA) is 92.0 Å². The summed E-state index contributed by atoms with van der Waals surface area (Å²) >= 11 is 0. The molecule has 4 heterocycles. The van der Waals surface area contributed by atoms with Crippen molar-refractivity contribution in [1.82, 2.24) is 34.9 Å². The van der Waals surface area contributed by atoms with Gasteiger partial charge in [0.05, 0.1) is 12.6 Å². The SMILES string of the molecule is CCOC(=O)N1CCN(C2=Nc3nnnn3C3CC4CN(Cc5ccccc5)CCC4C23)CC1. The van der Waals surface area contributed by atoms with Crippen LogP contribution in [0.1, 0.15) is 31.4 Å². The first kappa shape index (κ1) is 21.5. The molecule has 1 aliphatic carbocycles. The van der Waals surface area contributed by atoms with E-state index in [1.165, 1.54) is 5.56 Å². The molecule has 1 aromatic carbocycles. The van der Waals surface area contributed by atoms with Crippen molar-refractivity contribution < 1.29 is 9.53 Å². The lowest BCUT2D eigenvalue weighted by Crippen LogP contribution is -2.54. The molecule has 6 rings (SSSR count). The first-order valence-corrected chi connectivity index (χ1v) is 12.5. The molecule has 180 valence electrons. The van der Waals surface area contributed by atoms with E-state index in [0.717, 1.165) is 51.4 Å². The first-order chi connectivity index (χ1) is 16.7. The Balaban J connectivity index is 1.19. The third kappa shape index (κ3) is 3.83. The number of carbonyl (C=O) groups excluding carboxylic acids is 1. The second-order valence-corrected chi connectivity index (χ2v) is 9.83. The molecule has 1 saturated carbocycles. The molecule has 4 aliphatic rings. The molecule has 10 nitrogen and oxygen atoms in total. The van der Waals surface area contributed by atoms with E-state index in [4.69, 9.17) is 9.73 Å². The van der Waals surface area contributed by atoms with Gasteiger partial charge in [0.2, 0.25) is 0 Å². The van der Waals surface area contributed by atoms with Gasteiger partial charge < -0.3 is 14.5 Å². The summed E-state index contributed by atoms with van der Waals surface area (Å²) in [5.74, 6) is 3.25. The number of amides is 1. The zero-order chi connectivity index (χ0) is 23.1. The van der Waals surface area contributed by atoms with Gasteiger partial charge in [0.1, 0.15) is 5.84 Å². The molecule has 0 spiro atoms. The third-order valence-corrected chi connectivity index (χ3v) is 7.98. The minimum Gasteiger partial charge on any atom is -0.450 e. The maximum Gasteiger partial charge on any atom is 0.409 e. The van der Waals surface area contributed by atoms with Gasteiger partial charge in [-0.25, -0.2) is 9.48 Å². The highest BCUT2D eigenvalue weighted by molar-refractivity contribution is 5.89. The number of piperidine rings is 1. The number of fused-ring (bicyclic) bond motifs is 5. The van der Waals surface area contributed by atoms with Gasteiger partial charge in [0.25, 0.3) is 5.95 Å². The van der Waals surface area contributed by atoms with Crippen LogP contribution in [0.15, 0.2) is 35.3 Å². The summed E-state index contributed by atoms with van der Waals surface area (Å²) in [6, 6.07) is 11.0. The quantitative estimate of drug-likeness (QED) is 0.688. The molecular weight excluding hydrogens is 432 g/mol. The molecule has 1 amide bonds. The van der Waals surface area contributed by atoms with Gasteiger partial charge in [0.15, 0.2) is 0 Å². The Bertz CT molecular complexity index is 1050. The average Bonchev–Trinajstić information content (AvgIpc) is 3.49. The first-order valence-electron chi connectivity index (χ1n) is 12.5. The predicted octanol–water partition coefficient (Wildman–Crippen LogP) is 2.19. The van der Waals surface area contributed by atoms with Crippen molar-refractivity contribution in [2.24, 2.45) is 22.7 Å². The van der Waals surface area contributed by atoms with Crippen LogP contribution in [-0.4, -0.2) is 92.7 Å². The molecule has 2 aromatic rings. The summed E-state index contributed by atoms with van der Waals surface area (Å²) in [7, 11) is 0. The number of benzene rings is 1. The number of ether oxygens (including phenoxy) is 1. The van der Waals surface area contributed by atoms with Crippen LogP contribution in [0.3, 0.4) is 0 Å². The molecule has 0 N–H and O–H groups in total. The van der Waals surface area contributed by atoms with Gasteiger partial charge in [0, 0.05) is 45.2 Å². The number of amidine groups is 1. The highest BCUT2D eigenvalue weighted by Gasteiger charge is 2.52. The maximum atomic E-state index is 12.2. The number of rotatable bonds is 3. The summed E-state index contributed by atoms with van der Waals surface area (Å²) in [6.45, 7) is 8.30. The molecule has 2 saturated heterocycles. The second kappa shape index (κ2) is 8.98. The van der Waals surface area contributed by atoms with Crippen molar-refractivity contribution in [1.29, 1.82) is 0 Å². The van der Waals surface area contributed by atoms with E-state index >= 15 is 0 Å². The van der Waals surface area contributed by atoms with Crippen molar-refractivity contribution >= 4 is 17.9 Å². The second-order valence-electron chi connectivity index (χ2n) is 9.83. The van der Waals surface area contributed by atoms with E-state index in [9.17, 15) is 4.79 Å². The van der Waals surface area contributed by atoms with Crippen LogP contribution in [0.4, 0.5) is 10.7 Å². The molecule has 34 heavy (non-hydrogen) atoms. The van der Waals surface area contributed by atoms with Crippen molar-refractivity contribution in [3.63, 3.8) is 0 Å². The summed E-state index contributed by atoms with van der Waals surface area (Å²) in [4.78, 5) is 23.9. The van der Waals surface area contributed by atoms with Crippen molar-refractivity contribution in [2.75, 3.05) is 45.9 Å². The Morgan fingerprint density at radius 2 is 1.94 bits per heavy atom. The summed E-state index contributed by atoms with van der Waals surface area (Å²) in [5.41, 5.74) is 1.38. The Labute approximate surface area is 199 Å². The average molecular weight is 465 g/mol. The molecule has 0 bridgehead atoms. The number of tetrazole rings is 1. The fourth-order valence-electron chi connectivity index (χ4n) is 6.46. The zero-order valence-corrected chi connectivity index (χ0v) is 19.7. The molecule has 0 radical (unpaired) electrons. The van der Waals surface area contributed by atoms with Gasteiger partial charge in [-0.3, -0.25) is 4.90 Å². The van der Waals surface area contributed by atoms with Gasteiger partial charge in [-0.1, -0.05) is 35.4 Å². The van der Waals surface area contributed by atoms with Gasteiger partial charge in [-0.05, 0) is 54.1 Å². The highest BCUT2D eigenvalue weighted by atomic mass is 16.6. The van der Waals surface area contributed by atoms with E-state index in [-0.39, 0.29) is 12.1 Å². The Morgan fingerprint density at radius 3 is 2.74 bits per heavy atom. The fourth-order valence-corrected chi connectivity index (χ4v) is 6.46. The summed E-state index contributed by atoms with van der Waals surface area (Å²) < 4.78 is 7.16. The van der Waals surface area contributed by atoms with Crippen molar-refractivity contribution in [3.05, 3.63) is 35.9 Å². The predicted molar refractivity (Wildman–Crippen MR) is 126 cm³/mol. The maximum absolute atomic E-state index is 12.2. The van der Waals surface area contributed by atoms with Crippen LogP contribution in [0.2, 0.25) is 0 Å². The van der Waals surface area contributed by atoms with Gasteiger partial charge >= 0.3 is 6.09 Å². The van der Waals surface area contributed by atoms with E-state index < -0.39 is 0 Å². The van der Waals surface area contributed by atoms with Crippen molar-refractivity contribution in [2.45, 2.75) is 32.4 Å². The number of aliphatic imine (C=N–C) groups is 1. The standard InChI is InChI=1S/C24H32N8O2/c1-2-34-24(33)31-12-10-30(11-13-31)22-21-19-8-9-29(15-17-6-4-3-5-7-17)16-18(19)14-20(21)32-23(25-22)26-27-28-32/h3-7,18-21H,2,8-16H2,1H3. The van der Waals surface area contributed by atoms with Crippen LogP contribution in [-0.2, 0) is 11.3 Å². The smallest absolute Gasteiger partial charge is 0.409 e. The van der Waals surface area contributed by atoms with Crippen LogP contribution in [0.25, 0.3) is 0 Å². The lowest BCUT2D eigenvalue weighted by atomic mass is 9.81. The molecule has 4 atom stereocenters. The Morgan fingerprint density at radius 1 is 1.12 bits per heavy atom. The van der Waals surface area contributed by atoms with E-state index in [0.29, 0.717) is 43.4 Å². The van der Waals surface area contributed by atoms with Crippen LogP contribution in [0.5, 0.6) is 0 Å². The number of aromatic nitrogens is 4. The van der Waals surface area contributed by atoms with Crippen LogP contribution >= 0.6 is 0 Å². The lowest BCUT2D eigenvalue weighted by molar-refractivity contribution is 0.0890. The fraction of sp³-hybridized carbons (Fsp3) is 0.625. The summed E-state index contributed by atoms with van der Waals surface area (Å²) in [5, 5.41) is 12.5. The number of likely N-dealkylation sites (tertiary alicyclic amines) is 1. The monoisotopic (exact) mass is 464 g/mol. The summed E-state index contributed by atoms with van der Waals surface area (Å²) in [6.07, 6.45) is 2.03. The number of hydrogen-bond donors (Lipinski definition) is 0. The Kier molecular flexibility index (Phi) is 5.68. The number of nitrogens with zero attached hydrogens (tertiary/aromatic N) is 8. The van der Waals surface area contributed by atoms with Crippen molar-refractivity contribution in [3.8, 4) is 0 Å². The minimum atomic E-state index is -0.221. The molecule has 4 unspecified atom stereocenters. The van der Waals surface area contributed by atoms with Crippen LogP contribution in [0, 0.1) is 17.8 Å². The van der Waals surface area contributed by atoms with Gasteiger partial charge in [-0.15, -0.1) is 0 Å². The number of hydrogen-bond acceptors (Lipinski definition) is 8. The van der Waals surface area contributed by atoms with E-state index in [2.05, 4.69) is 55.7 Å². The highest BCUT2D eigenvalue weighted by Crippen LogP contribution is 2.52. The molecule has 3 fully saturated rings. The van der Waals surface area contributed by atoms with Crippen LogP contribution < -0.4 is 0 Å². The van der Waals surface area contributed by atoms with Gasteiger partial charge in [-0.2, -0.15) is 4.99 Å². The number of piperazine rings is 1. The largest absolute Gasteiger partial charge is 0.450 e.